The summed E-state index contributed by atoms with van der Waals surface area (Å²) in [5, 5.41) is 10.7. The Morgan fingerprint density at radius 1 is 1.40 bits per heavy atom. The van der Waals surface area contributed by atoms with E-state index in [1.54, 1.807) is 12.1 Å². The van der Waals surface area contributed by atoms with Crippen LogP contribution in [0, 0.1) is 0 Å². The van der Waals surface area contributed by atoms with Gasteiger partial charge in [-0.25, -0.2) is 0 Å². The third kappa shape index (κ3) is 3.79. The molecule has 4 nitrogen and oxygen atoms in total. The average molecular weight is 414 g/mol. The predicted molar refractivity (Wildman–Crippen MR) is 51.9 cm³/mol. The number of hydrogen-bond acceptors (Lipinski definition) is 2. The van der Waals surface area contributed by atoms with Gasteiger partial charge in [0, 0.05) is 0 Å². The fourth-order valence-corrected chi connectivity index (χ4v) is 5.67. The number of carboxylic acids is 1. The van der Waals surface area contributed by atoms with E-state index < -0.39 is 29.3 Å². The van der Waals surface area contributed by atoms with Crippen LogP contribution in [0.2, 0.25) is 0 Å². The molecule has 1 amide bonds. The topological polar surface area (TPSA) is 66.4 Å². The van der Waals surface area contributed by atoms with Crippen LogP contribution in [0.1, 0.15) is 10.4 Å². The van der Waals surface area contributed by atoms with E-state index in [4.69, 9.17) is 13.4 Å². The summed E-state index contributed by atoms with van der Waals surface area (Å²) in [6, 6.07) is 7.05. The summed E-state index contributed by atoms with van der Waals surface area (Å²) in [6.07, 6.45) is 0. The molecule has 0 saturated carbocycles. The quantitative estimate of drug-likeness (QED) is 0.700. The first-order valence-corrected chi connectivity index (χ1v) is 13.8. The molecule has 0 bridgehead atoms. The monoisotopic (exact) mass is 415 g/mol. The van der Waals surface area contributed by atoms with Crippen LogP contribution < -0.4 is 8.39 Å². The van der Waals surface area contributed by atoms with Gasteiger partial charge in [-0.1, -0.05) is 0 Å². The van der Waals surface area contributed by atoms with Crippen LogP contribution in [0.3, 0.4) is 0 Å². The summed E-state index contributed by atoms with van der Waals surface area (Å²) in [7, 11) is 5.86. The number of nitrogens with one attached hydrogen (secondary N) is 1. The van der Waals surface area contributed by atoms with Crippen molar-refractivity contribution >= 4 is 23.2 Å². The van der Waals surface area contributed by atoms with E-state index in [2.05, 4.69) is 5.32 Å². The molecule has 6 heteroatoms. The molecule has 1 aromatic rings. The Morgan fingerprint density at radius 3 is 2.67 bits per heavy atom. The van der Waals surface area contributed by atoms with Gasteiger partial charge in [-0.2, -0.15) is 0 Å². The second kappa shape index (κ2) is 6.07. The predicted octanol–water partition coefficient (Wildman–Crippen LogP) is 0.363. The van der Waals surface area contributed by atoms with Gasteiger partial charge in [-0.05, 0) is 0 Å². The van der Waals surface area contributed by atoms with E-state index in [1.807, 2.05) is 12.1 Å². The molecule has 15 heavy (non-hydrogen) atoms. The van der Waals surface area contributed by atoms with Gasteiger partial charge in [0.25, 0.3) is 0 Å². The first-order chi connectivity index (χ1) is 7.15. The molecule has 0 unspecified atom stereocenters. The normalized spacial score (nSPS) is 9.13. The number of amides is 1. The van der Waals surface area contributed by atoms with Gasteiger partial charge in [-0.3, -0.25) is 0 Å². The van der Waals surface area contributed by atoms with Crippen molar-refractivity contribution in [3.8, 4) is 0 Å². The molecule has 0 aliphatic heterocycles. The molecule has 2 N–H and O–H groups in total. The van der Waals surface area contributed by atoms with Crippen molar-refractivity contribution in [3.05, 3.63) is 29.8 Å². The third-order valence-electron chi connectivity index (χ3n) is 1.81. The van der Waals surface area contributed by atoms with Crippen LogP contribution in [0.5, 0.6) is 0 Å². The van der Waals surface area contributed by atoms with Crippen LogP contribution in [0.15, 0.2) is 24.3 Å². The molecule has 0 radical (unpaired) electrons. The third-order valence-corrected chi connectivity index (χ3v) is 7.85. The van der Waals surface area contributed by atoms with Gasteiger partial charge in [0.15, 0.2) is 0 Å². The summed E-state index contributed by atoms with van der Waals surface area (Å²) in [6.45, 7) is -0.369. The number of rotatable bonds is 4. The van der Waals surface area contributed by atoms with Crippen molar-refractivity contribution in [1.82, 2.24) is 5.32 Å². The molecule has 0 saturated heterocycles. The zero-order valence-corrected chi connectivity index (χ0v) is 14.1. The SMILES string of the molecule is O=C(O)CNC(=O)c1cccc[c]1[Hg][Cl]. The van der Waals surface area contributed by atoms with Gasteiger partial charge in [0.05, 0.1) is 0 Å². The summed E-state index contributed by atoms with van der Waals surface area (Å²) in [4.78, 5) is 21.8. The first-order valence-electron chi connectivity index (χ1n) is 4.29. The van der Waals surface area contributed by atoms with Crippen LogP contribution in [0.25, 0.3) is 0 Å². The zero-order valence-electron chi connectivity index (χ0n) is 7.87. The Hall–Kier alpha value is -0.615. The Kier molecular flexibility index (Phi) is 5.04. The summed E-state index contributed by atoms with van der Waals surface area (Å²) in [5.74, 6) is -1.43. The maximum atomic E-state index is 11.5. The standard InChI is InChI=1S/C9H8NO3.ClH.Hg/c11-8(12)6-10-9(13)7-4-2-1-3-5-7;;/h1-4H,6H2,(H,10,13)(H,11,12);1H;/q;;+1/p-1. The average Bonchev–Trinajstić information content (AvgIpc) is 2.25. The van der Waals surface area contributed by atoms with Crippen molar-refractivity contribution in [3.63, 3.8) is 0 Å². The van der Waals surface area contributed by atoms with E-state index in [-0.39, 0.29) is 12.5 Å². The van der Waals surface area contributed by atoms with Crippen LogP contribution in [-0.4, -0.2) is 23.5 Å². The molecule has 0 heterocycles. The fourth-order valence-electron chi connectivity index (χ4n) is 1.11. The number of benzene rings is 1. The number of carboxylic acid groups (broad SMARTS) is 1. The molecule has 1 rings (SSSR count). The molecule has 1 aromatic carbocycles. The fraction of sp³-hybridized carbons (Fsp3) is 0.111. The molecule has 76 valence electrons. The van der Waals surface area contributed by atoms with Crippen LogP contribution >= 0.6 is 8.25 Å². The van der Waals surface area contributed by atoms with Crippen LogP contribution in [0.4, 0.5) is 0 Å². The second-order valence-corrected chi connectivity index (χ2v) is 9.21. The van der Waals surface area contributed by atoms with E-state index in [0.717, 1.165) is 3.07 Å². The second-order valence-electron chi connectivity index (χ2n) is 2.87. The summed E-state index contributed by atoms with van der Waals surface area (Å²) in [5.41, 5.74) is 0.510. The van der Waals surface area contributed by atoms with Crippen molar-refractivity contribution in [2.45, 2.75) is 0 Å². The van der Waals surface area contributed by atoms with Crippen molar-refractivity contribution in [2.75, 3.05) is 6.54 Å². The number of aliphatic carboxylic acids is 1. The summed E-state index contributed by atoms with van der Waals surface area (Å²) < 4.78 is 0.905. The Balaban J connectivity index is 2.77. The van der Waals surface area contributed by atoms with Gasteiger partial charge in [0.1, 0.15) is 0 Å². The molecular weight excluding hydrogens is 406 g/mol. The molecule has 0 aliphatic carbocycles. The number of carbonyl (C=O) groups is 2. The molecule has 0 aliphatic rings. The van der Waals surface area contributed by atoms with Gasteiger partial charge in [0.2, 0.25) is 0 Å². The molecule has 0 aromatic heterocycles. The maximum absolute atomic E-state index is 11.5. The van der Waals surface area contributed by atoms with E-state index in [9.17, 15) is 9.59 Å². The number of hydrogen-bond donors (Lipinski definition) is 2. The number of halogens is 1. The van der Waals surface area contributed by atoms with Gasteiger partial charge >= 0.3 is 103 Å². The molecule has 0 fully saturated rings. The Morgan fingerprint density at radius 2 is 2.07 bits per heavy atom. The van der Waals surface area contributed by atoms with Gasteiger partial charge < -0.3 is 0 Å². The van der Waals surface area contributed by atoms with Gasteiger partial charge in [-0.15, -0.1) is 0 Å². The summed E-state index contributed by atoms with van der Waals surface area (Å²) >= 11 is -1.66. The van der Waals surface area contributed by atoms with Crippen molar-refractivity contribution < 1.29 is 38.0 Å². The van der Waals surface area contributed by atoms with Crippen molar-refractivity contribution in [1.29, 1.82) is 0 Å². The zero-order chi connectivity index (χ0) is 11.3. The van der Waals surface area contributed by atoms with Crippen LogP contribution in [-0.2, 0) is 28.1 Å². The molecular formula is C9H8ClHgNO3. The van der Waals surface area contributed by atoms with E-state index >= 15 is 0 Å². The Labute approximate surface area is 102 Å². The minimum absolute atomic E-state index is 0.367. The molecule has 0 spiro atoms. The first kappa shape index (κ1) is 12.5. The van der Waals surface area contributed by atoms with E-state index in [0.29, 0.717) is 5.56 Å². The Bertz CT molecular complexity index is 383. The minimum atomic E-state index is -1.66. The molecule has 0 atom stereocenters. The number of carbonyl (C=O) groups excluding carboxylic acids is 1. The van der Waals surface area contributed by atoms with Crippen molar-refractivity contribution in [2.24, 2.45) is 0 Å². The van der Waals surface area contributed by atoms with E-state index in [1.165, 1.54) is 0 Å².